The zero-order valence-electron chi connectivity index (χ0n) is 19.7. The number of hydrogen-bond acceptors (Lipinski definition) is 4. The number of amides is 2. The Labute approximate surface area is 221 Å². The highest BCUT2D eigenvalue weighted by atomic mass is 35.5. The van der Waals surface area contributed by atoms with Crippen molar-refractivity contribution in [1.29, 1.82) is 0 Å². The Bertz CT molecular complexity index is 1150. The molecule has 0 spiro atoms. The van der Waals surface area contributed by atoms with Crippen LogP contribution in [0.15, 0.2) is 78.9 Å². The van der Waals surface area contributed by atoms with E-state index in [0.29, 0.717) is 34.5 Å². The van der Waals surface area contributed by atoms with Gasteiger partial charge in [0.1, 0.15) is 11.8 Å². The van der Waals surface area contributed by atoms with E-state index in [1.807, 2.05) is 42.5 Å². The Hall–Kier alpha value is -3.06. The second-order valence-corrected chi connectivity index (χ2v) is 9.40. The fraction of sp³-hybridized carbons (Fsp3) is 0.286. The third-order valence-electron chi connectivity index (χ3n) is 5.98. The highest BCUT2D eigenvalue weighted by molar-refractivity contribution is 6.32. The Morgan fingerprint density at radius 1 is 1.00 bits per heavy atom. The van der Waals surface area contributed by atoms with Gasteiger partial charge < -0.3 is 19.7 Å². The van der Waals surface area contributed by atoms with E-state index in [-0.39, 0.29) is 31.1 Å². The van der Waals surface area contributed by atoms with Gasteiger partial charge in [0.2, 0.25) is 5.91 Å². The van der Waals surface area contributed by atoms with E-state index in [2.05, 4.69) is 5.32 Å². The molecule has 1 aliphatic rings. The van der Waals surface area contributed by atoms with Crippen LogP contribution in [0.4, 0.5) is 0 Å². The maximum Gasteiger partial charge on any atom is 0.261 e. The van der Waals surface area contributed by atoms with Gasteiger partial charge in [0.25, 0.3) is 5.91 Å². The zero-order chi connectivity index (χ0) is 25.3. The molecule has 2 amide bonds. The molecule has 1 heterocycles. The number of carbonyl (C=O) groups excluding carboxylic acids is 2. The van der Waals surface area contributed by atoms with Crippen molar-refractivity contribution < 1.29 is 19.1 Å². The monoisotopic (exact) mass is 526 g/mol. The summed E-state index contributed by atoms with van der Waals surface area (Å²) in [5.74, 6) is -0.235. The van der Waals surface area contributed by atoms with E-state index >= 15 is 0 Å². The quantitative estimate of drug-likeness (QED) is 0.382. The number of hydrogen-bond donors (Lipinski definition) is 1. The summed E-state index contributed by atoms with van der Waals surface area (Å²) in [5, 5.41) is 3.99. The van der Waals surface area contributed by atoms with Crippen LogP contribution in [0.3, 0.4) is 0 Å². The smallest absolute Gasteiger partial charge is 0.261 e. The predicted molar refractivity (Wildman–Crippen MR) is 140 cm³/mol. The van der Waals surface area contributed by atoms with E-state index in [4.69, 9.17) is 32.7 Å². The third-order valence-corrected chi connectivity index (χ3v) is 6.54. The highest BCUT2D eigenvalue weighted by Gasteiger charge is 2.32. The Kier molecular flexibility index (Phi) is 9.23. The fourth-order valence-electron chi connectivity index (χ4n) is 4.12. The van der Waals surface area contributed by atoms with Gasteiger partial charge in [-0.3, -0.25) is 9.59 Å². The van der Waals surface area contributed by atoms with Crippen LogP contribution in [-0.2, 0) is 20.9 Å². The van der Waals surface area contributed by atoms with Gasteiger partial charge in [0.15, 0.2) is 6.61 Å². The average Bonchev–Trinajstić information content (AvgIpc) is 3.42. The lowest BCUT2D eigenvalue weighted by molar-refractivity contribution is -0.143. The number of benzene rings is 3. The SMILES string of the molecule is O=C(NC[C@@H]1CCCO1)[C@H](c1ccccc1)N(Cc1ccc(Cl)cc1)C(=O)COc1ccccc1Cl. The van der Waals surface area contributed by atoms with Crippen LogP contribution in [0.2, 0.25) is 10.0 Å². The zero-order valence-corrected chi connectivity index (χ0v) is 21.3. The average molecular weight is 527 g/mol. The van der Waals surface area contributed by atoms with Gasteiger partial charge in [-0.2, -0.15) is 0 Å². The Balaban J connectivity index is 1.61. The van der Waals surface area contributed by atoms with Gasteiger partial charge >= 0.3 is 0 Å². The maximum absolute atomic E-state index is 13.6. The fourth-order valence-corrected chi connectivity index (χ4v) is 4.44. The van der Waals surface area contributed by atoms with Gasteiger partial charge in [-0.15, -0.1) is 0 Å². The van der Waals surface area contributed by atoms with Crippen molar-refractivity contribution in [1.82, 2.24) is 10.2 Å². The molecule has 2 atom stereocenters. The van der Waals surface area contributed by atoms with Crippen molar-refractivity contribution in [2.75, 3.05) is 19.8 Å². The molecule has 1 fully saturated rings. The van der Waals surface area contributed by atoms with E-state index < -0.39 is 6.04 Å². The Morgan fingerprint density at radius 2 is 1.72 bits per heavy atom. The van der Waals surface area contributed by atoms with Crippen molar-refractivity contribution in [2.24, 2.45) is 0 Å². The molecule has 36 heavy (non-hydrogen) atoms. The molecule has 1 saturated heterocycles. The largest absolute Gasteiger partial charge is 0.482 e. The summed E-state index contributed by atoms with van der Waals surface area (Å²) >= 11 is 12.3. The van der Waals surface area contributed by atoms with Crippen LogP contribution in [0.5, 0.6) is 5.75 Å². The lowest BCUT2D eigenvalue weighted by atomic mass is 10.0. The summed E-state index contributed by atoms with van der Waals surface area (Å²) in [6, 6.07) is 22.5. The molecule has 0 aromatic heterocycles. The summed E-state index contributed by atoms with van der Waals surface area (Å²) in [6.45, 7) is 0.999. The molecule has 0 aliphatic carbocycles. The minimum absolute atomic E-state index is 0.0191. The van der Waals surface area contributed by atoms with E-state index in [9.17, 15) is 9.59 Å². The molecule has 4 rings (SSSR count). The minimum atomic E-state index is -0.870. The topological polar surface area (TPSA) is 67.9 Å². The molecular weight excluding hydrogens is 499 g/mol. The molecule has 0 radical (unpaired) electrons. The maximum atomic E-state index is 13.6. The van der Waals surface area contributed by atoms with Crippen LogP contribution < -0.4 is 10.1 Å². The molecule has 1 aliphatic heterocycles. The van der Waals surface area contributed by atoms with Crippen LogP contribution in [-0.4, -0.2) is 42.6 Å². The van der Waals surface area contributed by atoms with E-state index in [0.717, 1.165) is 18.4 Å². The number of para-hydroxylation sites is 1. The van der Waals surface area contributed by atoms with Gasteiger partial charge in [-0.1, -0.05) is 77.8 Å². The van der Waals surface area contributed by atoms with Gasteiger partial charge in [-0.05, 0) is 48.2 Å². The molecular formula is C28H28Cl2N2O4. The lowest BCUT2D eigenvalue weighted by Crippen LogP contribution is -2.46. The summed E-state index contributed by atoms with van der Waals surface area (Å²) in [6.07, 6.45) is 1.85. The number of nitrogens with zero attached hydrogens (tertiary/aromatic N) is 1. The minimum Gasteiger partial charge on any atom is -0.482 e. The molecule has 0 bridgehead atoms. The lowest BCUT2D eigenvalue weighted by Gasteiger charge is -2.32. The van der Waals surface area contributed by atoms with Crippen molar-refractivity contribution >= 4 is 35.0 Å². The molecule has 3 aromatic carbocycles. The second-order valence-electron chi connectivity index (χ2n) is 8.56. The van der Waals surface area contributed by atoms with Crippen LogP contribution in [0, 0.1) is 0 Å². The molecule has 8 heteroatoms. The molecule has 6 nitrogen and oxygen atoms in total. The highest BCUT2D eigenvalue weighted by Crippen LogP contribution is 2.27. The molecule has 0 unspecified atom stereocenters. The van der Waals surface area contributed by atoms with Crippen LogP contribution in [0.1, 0.15) is 30.0 Å². The van der Waals surface area contributed by atoms with Crippen molar-refractivity contribution in [3.63, 3.8) is 0 Å². The summed E-state index contributed by atoms with van der Waals surface area (Å²) in [7, 11) is 0. The number of halogens is 2. The molecule has 1 N–H and O–H groups in total. The molecule has 3 aromatic rings. The summed E-state index contributed by atoms with van der Waals surface area (Å²) in [4.78, 5) is 28.7. The third kappa shape index (κ3) is 7.00. The van der Waals surface area contributed by atoms with Crippen molar-refractivity contribution in [2.45, 2.75) is 31.5 Å². The van der Waals surface area contributed by atoms with Gasteiger partial charge in [0.05, 0.1) is 11.1 Å². The first kappa shape index (κ1) is 26.0. The first-order valence-electron chi connectivity index (χ1n) is 11.9. The number of carbonyl (C=O) groups is 2. The normalized spacial score (nSPS) is 15.8. The Morgan fingerprint density at radius 3 is 2.42 bits per heavy atom. The summed E-state index contributed by atoms with van der Waals surface area (Å²) < 4.78 is 11.4. The molecule has 0 saturated carbocycles. The molecule has 188 valence electrons. The second kappa shape index (κ2) is 12.8. The predicted octanol–water partition coefficient (Wildman–Crippen LogP) is 5.44. The first-order chi connectivity index (χ1) is 17.5. The van der Waals surface area contributed by atoms with E-state index in [1.54, 1.807) is 36.4 Å². The standard InChI is InChI=1S/C28H28Cl2N2O4/c29-22-14-12-20(13-15-22)18-32(26(33)19-36-25-11-5-4-10-24(25)30)27(21-7-2-1-3-8-21)28(34)31-17-23-9-6-16-35-23/h1-5,7-8,10-15,23,27H,6,9,16-19H2,(H,31,34)/t23-,27-/m0/s1. The number of nitrogens with one attached hydrogen (secondary N) is 1. The van der Waals surface area contributed by atoms with Gasteiger partial charge in [0, 0.05) is 24.7 Å². The van der Waals surface area contributed by atoms with E-state index in [1.165, 1.54) is 4.90 Å². The number of rotatable bonds is 10. The van der Waals surface area contributed by atoms with Crippen molar-refractivity contribution in [3.05, 3.63) is 100 Å². The summed E-state index contributed by atoms with van der Waals surface area (Å²) in [5.41, 5.74) is 1.53. The first-order valence-corrected chi connectivity index (χ1v) is 12.6. The van der Waals surface area contributed by atoms with Gasteiger partial charge in [-0.25, -0.2) is 0 Å². The van der Waals surface area contributed by atoms with Crippen LogP contribution >= 0.6 is 23.2 Å². The van der Waals surface area contributed by atoms with Crippen molar-refractivity contribution in [3.8, 4) is 5.75 Å². The van der Waals surface area contributed by atoms with Crippen LogP contribution in [0.25, 0.3) is 0 Å². The number of ether oxygens (including phenoxy) is 2.